The highest BCUT2D eigenvalue weighted by Crippen LogP contribution is 2.27. The Hall–Kier alpha value is -3.54. The van der Waals surface area contributed by atoms with Crippen LogP contribution in [-0.4, -0.2) is 67.4 Å². The zero-order valence-corrected chi connectivity index (χ0v) is 20.9. The van der Waals surface area contributed by atoms with Crippen molar-refractivity contribution in [1.29, 1.82) is 0 Å². The molecule has 2 aliphatic rings. The molecule has 0 aliphatic carbocycles. The van der Waals surface area contributed by atoms with Crippen LogP contribution in [0.4, 0.5) is 23.7 Å². The molecule has 1 fully saturated rings. The molecular formula is C25H25F3N6O2S. The monoisotopic (exact) mass is 530 g/mol. The van der Waals surface area contributed by atoms with Gasteiger partial charge in [0.25, 0.3) is 6.43 Å². The molecule has 2 amide bonds. The number of aryl methyl sites for hydroxylation is 1. The molecular weight excluding hydrogens is 505 g/mol. The molecule has 0 spiro atoms. The van der Waals surface area contributed by atoms with Crippen LogP contribution in [0.25, 0.3) is 10.9 Å². The Morgan fingerprint density at radius 1 is 1.14 bits per heavy atom. The van der Waals surface area contributed by atoms with Crippen LogP contribution in [0.5, 0.6) is 0 Å². The number of alkyl halides is 2. The van der Waals surface area contributed by atoms with E-state index in [9.17, 15) is 17.8 Å². The summed E-state index contributed by atoms with van der Waals surface area (Å²) in [5.74, 6) is 0.215. The van der Waals surface area contributed by atoms with Gasteiger partial charge in [-0.1, -0.05) is 12.1 Å². The maximum Gasteiger partial charge on any atom is 0.324 e. The van der Waals surface area contributed by atoms with E-state index < -0.39 is 23.0 Å². The minimum absolute atomic E-state index is 0.0540. The number of amides is 2. The molecule has 0 unspecified atom stereocenters. The van der Waals surface area contributed by atoms with Crippen LogP contribution in [0.3, 0.4) is 0 Å². The maximum absolute atomic E-state index is 15.3. The molecule has 194 valence electrons. The molecule has 0 atom stereocenters. The van der Waals surface area contributed by atoms with Crippen molar-refractivity contribution in [1.82, 2.24) is 14.7 Å². The zero-order chi connectivity index (χ0) is 26.1. The van der Waals surface area contributed by atoms with Gasteiger partial charge in [-0.2, -0.15) is 15.3 Å². The van der Waals surface area contributed by atoms with E-state index in [4.69, 9.17) is 0 Å². The van der Waals surface area contributed by atoms with Crippen LogP contribution in [0, 0.1) is 5.82 Å². The summed E-state index contributed by atoms with van der Waals surface area (Å²) < 4.78 is 54.7. The van der Waals surface area contributed by atoms with Crippen molar-refractivity contribution in [3.8, 4) is 0 Å². The van der Waals surface area contributed by atoms with E-state index in [0.29, 0.717) is 42.4 Å². The minimum atomic E-state index is -2.71. The number of halogens is 3. The van der Waals surface area contributed by atoms with Crippen LogP contribution in [0.15, 0.2) is 52.8 Å². The summed E-state index contributed by atoms with van der Waals surface area (Å²) >= 11 is 0. The number of benzene rings is 2. The van der Waals surface area contributed by atoms with Crippen LogP contribution < -0.4 is 4.90 Å². The van der Waals surface area contributed by atoms with E-state index in [1.165, 1.54) is 17.0 Å². The Morgan fingerprint density at radius 2 is 1.92 bits per heavy atom. The fourth-order valence-corrected chi connectivity index (χ4v) is 5.47. The molecule has 37 heavy (non-hydrogen) atoms. The fraction of sp³-hybridized carbons (Fsp3) is 0.360. The summed E-state index contributed by atoms with van der Waals surface area (Å²) in [4.78, 5) is 16.8. The second kappa shape index (κ2) is 10.4. The standard InChI is InChI=1S/C25H25F3N6O2S/c1-2-34-23-12-19(6-5-17(23)14-29-34)33(25(35)32-7-9-37(36)10-8-32)15-18-4-3-16(11-20(18)26)21-13-22(24(27)28)31-30-21/h3-6,11-12,14,24H,2,7-10,13,15H2,1H3. The molecule has 3 aromatic rings. The van der Waals surface area contributed by atoms with E-state index in [-0.39, 0.29) is 36.0 Å². The number of hydrogen-bond donors (Lipinski definition) is 0. The Balaban J connectivity index is 1.45. The maximum atomic E-state index is 15.3. The molecule has 5 rings (SSSR count). The van der Waals surface area contributed by atoms with E-state index in [1.807, 2.05) is 23.7 Å². The SMILES string of the molecule is CCn1ncc2ccc(N(Cc3ccc(C4=NN=C(C(F)F)C4)cc3F)C(=O)N3CCS(=O)CC3)cc21. The van der Waals surface area contributed by atoms with Gasteiger partial charge in [0.2, 0.25) is 0 Å². The van der Waals surface area contributed by atoms with Crippen LogP contribution in [0.1, 0.15) is 24.5 Å². The first-order valence-electron chi connectivity index (χ1n) is 11.9. The quantitative estimate of drug-likeness (QED) is 0.479. The smallest absolute Gasteiger partial charge is 0.323 e. The number of carbonyl (C=O) groups excluding carboxylic acids is 1. The van der Waals surface area contributed by atoms with Crippen molar-refractivity contribution in [2.24, 2.45) is 10.2 Å². The molecule has 0 saturated carbocycles. The van der Waals surface area contributed by atoms with Gasteiger partial charge in [0.05, 0.1) is 24.0 Å². The summed E-state index contributed by atoms with van der Waals surface area (Å²) in [5, 5.41) is 12.6. The average molecular weight is 531 g/mol. The van der Waals surface area contributed by atoms with Crippen LogP contribution in [0.2, 0.25) is 0 Å². The molecule has 0 bridgehead atoms. The van der Waals surface area contributed by atoms with E-state index in [2.05, 4.69) is 15.3 Å². The number of carbonyl (C=O) groups is 1. The van der Waals surface area contributed by atoms with Gasteiger partial charge in [-0.15, -0.1) is 0 Å². The highest BCUT2D eigenvalue weighted by molar-refractivity contribution is 7.85. The van der Waals surface area contributed by atoms with Crippen molar-refractivity contribution in [2.75, 3.05) is 29.5 Å². The van der Waals surface area contributed by atoms with Crippen LogP contribution in [-0.2, 0) is 23.9 Å². The Bertz CT molecular complexity index is 1430. The molecule has 3 heterocycles. The second-order valence-electron chi connectivity index (χ2n) is 8.83. The predicted octanol–water partition coefficient (Wildman–Crippen LogP) is 4.20. The summed E-state index contributed by atoms with van der Waals surface area (Å²) in [7, 11) is -0.956. The molecule has 0 radical (unpaired) electrons. The van der Waals surface area contributed by atoms with Gasteiger partial charge in [0, 0.05) is 70.6 Å². The lowest BCUT2D eigenvalue weighted by molar-refractivity contribution is 0.209. The van der Waals surface area contributed by atoms with Crippen molar-refractivity contribution < 1.29 is 22.2 Å². The number of hydrogen-bond acceptors (Lipinski definition) is 5. The van der Waals surface area contributed by atoms with Gasteiger partial charge >= 0.3 is 6.03 Å². The Morgan fingerprint density at radius 3 is 2.59 bits per heavy atom. The van der Waals surface area contributed by atoms with Gasteiger partial charge in [-0.05, 0) is 31.2 Å². The van der Waals surface area contributed by atoms with Crippen LogP contribution >= 0.6 is 0 Å². The lowest BCUT2D eigenvalue weighted by Gasteiger charge is -2.33. The summed E-state index contributed by atoms with van der Waals surface area (Å²) in [5.41, 5.74) is 1.98. The lowest BCUT2D eigenvalue weighted by Crippen LogP contribution is -2.48. The Labute approximate surface area is 213 Å². The number of nitrogens with zero attached hydrogens (tertiary/aromatic N) is 6. The Kier molecular flexibility index (Phi) is 7.09. The second-order valence-corrected chi connectivity index (χ2v) is 10.5. The summed E-state index contributed by atoms with van der Waals surface area (Å²) in [6.07, 6.45) is -1.09. The molecule has 8 nitrogen and oxygen atoms in total. The van der Waals surface area contributed by atoms with Gasteiger partial charge < -0.3 is 4.90 Å². The lowest BCUT2D eigenvalue weighted by atomic mass is 10.0. The molecule has 0 N–H and O–H groups in total. The molecule has 2 aliphatic heterocycles. The van der Waals surface area contributed by atoms with Crippen molar-refractivity contribution >= 4 is 44.8 Å². The number of aromatic nitrogens is 2. The number of anilines is 1. The fourth-order valence-electron chi connectivity index (χ4n) is 4.42. The molecule has 12 heteroatoms. The number of fused-ring (bicyclic) bond motifs is 1. The zero-order valence-electron chi connectivity index (χ0n) is 20.1. The van der Waals surface area contributed by atoms with Crippen molar-refractivity contribution in [2.45, 2.75) is 32.9 Å². The third-order valence-corrected chi connectivity index (χ3v) is 7.81. The number of rotatable bonds is 6. The van der Waals surface area contributed by atoms with Crippen molar-refractivity contribution in [3.05, 3.63) is 59.5 Å². The average Bonchev–Trinajstić information content (AvgIpc) is 3.55. The highest BCUT2D eigenvalue weighted by atomic mass is 32.2. The topological polar surface area (TPSA) is 83.2 Å². The van der Waals surface area contributed by atoms with Gasteiger partial charge in [-0.25, -0.2) is 18.0 Å². The summed E-state index contributed by atoms with van der Waals surface area (Å²) in [6, 6.07) is 9.59. The third-order valence-electron chi connectivity index (χ3n) is 6.53. The van der Waals surface area contributed by atoms with Crippen molar-refractivity contribution in [3.63, 3.8) is 0 Å². The predicted molar refractivity (Wildman–Crippen MR) is 137 cm³/mol. The molecule has 1 saturated heterocycles. The van der Waals surface area contributed by atoms with E-state index >= 15 is 4.39 Å². The first kappa shape index (κ1) is 25.1. The molecule has 1 aromatic heterocycles. The summed E-state index contributed by atoms with van der Waals surface area (Å²) in [6.45, 7) is 3.27. The first-order valence-corrected chi connectivity index (χ1v) is 13.4. The van der Waals surface area contributed by atoms with E-state index in [1.54, 1.807) is 23.2 Å². The van der Waals surface area contributed by atoms with E-state index in [0.717, 1.165) is 10.9 Å². The first-order chi connectivity index (χ1) is 17.8. The highest BCUT2D eigenvalue weighted by Gasteiger charge is 2.28. The third kappa shape index (κ3) is 5.15. The molecule has 2 aromatic carbocycles. The largest absolute Gasteiger partial charge is 0.324 e. The van der Waals surface area contributed by atoms with Gasteiger partial charge in [-0.3, -0.25) is 13.8 Å². The van der Waals surface area contributed by atoms with Gasteiger partial charge in [0.15, 0.2) is 0 Å². The normalized spacial score (nSPS) is 16.4. The van der Waals surface area contributed by atoms with Gasteiger partial charge in [0.1, 0.15) is 11.5 Å². The minimum Gasteiger partial charge on any atom is -0.323 e. The number of urea groups is 1.